The first-order valence-corrected chi connectivity index (χ1v) is 7.24. The van der Waals surface area contributed by atoms with Crippen LogP contribution in [0.25, 0.3) is 0 Å². The fraction of sp³-hybridized carbons (Fsp3) is 0.333. The number of halogens is 1. The Balaban J connectivity index is 1.95. The highest BCUT2D eigenvalue weighted by Crippen LogP contribution is 2.25. The molecular weight excluding hydrogens is 304 g/mol. The third-order valence-corrected chi connectivity index (χ3v) is 3.27. The average molecular weight is 323 g/mol. The van der Waals surface area contributed by atoms with Gasteiger partial charge in [0.05, 0.1) is 13.7 Å². The molecule has 1 aromatic carbocycles. The van der Waals surface area contributed by atoms with Crippen molar-refractivity contribution in [1.29, 1.82) is 0 Å². The highest BCUT2D eigenvalue weighted by molar-refractivity contribution is 6.32. The second-order valence-electron chi connectivity index (χ2n) is 4.63. The Bertz CT molecular complexity index is 624. The zero-order valence-electron chi connectivity index (χ0n) is 12.8. The lowest BCUT2D eigenvalue weighted by Gasteiger charge is -2.17. The van der Waals surface area contributed by atoms with Crippen LogP contribution in [0.15, 0.2) is 30.6 Å². The van der Waals surface area contributed by atoms with Crippen molar-refractivity contribution >= 4 is 23.1 Å². The Hall–Kier alpha value is -2.21. The molecule has 7 heteroatoms. The predicted molar refractivity (Wildman–Crippen MR) is 88.2 cm³/mol. The summed E-state index contributed by atoms with van der Waals surface area (Å²) in [6.07, 6.45) is 1.35. The van der Waals surface area contributed by atoms with Crippen LogP contribution < -0.4 is 20.1 Å². The van der Waals surface area contributed by atoms with Gasteiger partial charge >= 0.3 is 0 Å². The molecule has 0 amide bonds. The summed E-state index contributed by atoms with van der Waals surface area (Å²) in [5.74, 6) is 2.16. The van der Waals surface area contributed by atoms with E-state index in [0.717, 1.165) is 11.5 Å². The molecule has 0 aliphatic heterocycles. The Kier molecular flexibility index (Phi) is 5.66. The maximum absolute atomic E-state index is 6.01. The molecule has 22 heavy (non-hydrogen) atoms. The van der Waals surface area contributed by atoms with Crippen LogP contribution in [0.4, 0.5) is 11.5 Å². The summed E-state index contributed by atoms with van der Waals surface area (Å²) in [6.45, 7) is 2.54. The quantitative estimate of drug-likeness (QED) is 0.764. The van der Waals surface area contributed by atoms with Crippen LogP contribution in [0, 0.1) is 0 Å². The minimum atomic E-state index is -0.0643. The Morgan fingerprint density at radius 2 is 2.05 bits per heavy atom. The summed E-state index contributed by atoms with van der Waals surface area (Å²) in [5, 5.41) is 6.55. The summed E-state index contributed by atoms with van der Waals surface area (Å²) in [7, 11) is 3.40. The third kappa shape index (κ3) is 4.14. The minimum Gasteiger partial charge on any atom is -0.497 e. The van der Waals surface area contributed by atoms with Crippen molar-refractivity contribution in [2.24, 2.45) is 0 Å². The van der Waals surface area contributed by atoms with E-state index >= 15 is 0 Å². The molecule has 0 saturated heterocycles. The number of benzene rings is 1. The van der Waals surface area contributed by atoms with Crippen molar-refractivity contribution in [2.75, 3.05) is 31.3 Å². The molecule has 0 radical (unpaired) electrons. The van der Waals surface area contributed by atoms with Crippen LogP contribution in [0.3, 0.4) is 0 Å². The van der Waals surface area contributed by atoms with Gasteiger partial charge in [-0.1, -0.05) is 17.7 Å². The number of aromatic nitrogens is 2. The van der Waals surface area contributed by atoms with Crippen molar-refractivity contribution in [2.45, 2.75) is 13.0 Å². The first-order chi connectivity index (χ1) is 10.6. The lowest BCUT2D eigenvalue weighted by molar-refractivity contribution is 0.233. The maximum Gasteiger partial charge on any atom is 0.157 e. The lowest BCUT2D eigenvalue weighted by atomic mass is 10.3. The van der Waals surface area contributed by atoms with E-state index in [1.165, 1.54) is 6.33 Å². The smallest absolute Gasteiger partial charge is 0.157 e. The van der Waals surface area contributed by atoms with E-state index in [4.69, 9.17) is 21.1 Å². The molecule has 0 bridgehead atoms. The van der Waals surface area contributed by atoms with Crippen molar-refractivity contribution in [3.63, 3.8) is 0 Å². The summed E-state index contributed by atoms with van der Waals surface area (Å²) >= 11 is 6.01. The van der Waals surface area contributed by atoms with Gasteiger partial charge in [0.2, 0.25) is 0 Å². The molecule has 2 aromatic rings. The van der Waals surface area contributed by atoms with Crippen LogP contribution in [0.5, 0.6) is 11.5 Å². The van der Waals surface area contributed by atoms with E-state index < -0.39 is 0 Å². The number of ether oxygens (including phenoxy) is 2. The normalized spacial score (nSPS) is 11.6. The van der Waals surface area contributed by atoms with Crippen molar-refractivity contribution in [3.05, 3.63) is 35.7 Å². The molecule has 0 aliphatic rings. The molecule has 1 unspecified atom stereocenters. The summed E-state index contributed by atoms with van der Waals surface area (Å²) in [5.41, 5.74) is 0.665. The molecule has 2 rings (SSSR count). The summed E-state index contributed by atoms with van der Waals surface area (Å²) < 4.78 is 11.0. The van der Waals surface area contributed by atoms with Gasteiger partial charge in [-0.3, -0.25) is 0 Å². The molecule has 1 atom stereocenters. The first-order valence-electron chi connectivity index (χ1n) is 6.87. The fourth-order valence-corrected chi connectivity index (χ4v) is 2.14. The number of hydrogen-bond acceptors (Lipinski definition) is 6. The monoisotopic (exact) mass is 322 g/mol. The maximum atomic E-state index is 6.01. The topological polar surface area (TPSA) is 68.3 Å². The van der Waals surface area contributed by atoms with Gasteiger partial charge in [0.25, 0.3) is 0 Å². The molecule has 118 valence electrons. The van der Waals surface area contributed by atoms with Gasteiger partial charge in [0.1, 0.15) is 29.6 Å². The van der Waals surface area contributed by atoms with Gasteiger partial charge in [0.15, 0.2) is 11.0 Å². The average Bonchev–Trinajstić information content (AvgIpc) is 2.53. The third-order valence-electron chi connectivity index (χ3n) is 2.99. The van der Waals surface area contributed by atoms with E-state index in [0.29, 0.717) is 23.2 Å². The number of nitrogens with one attached hydrogen (secondary N) is 2. The van der Waals surface area contributed by atoms with Crippen LogP contribution >= 0.6 is 11.6 Å². The second kappa shape index (κ2) is 7.70. The van der Waals surface area contributed by atoms with Gasteiger partial charge in [-0.25, -0.2) is 9.97 Å². The number of nitrogens with zero attached hydrogens (tertiary/aromatic N) is 2. The van der Waals surface area contributed by atoms with E-state index in [1.807, 2.05) is 31.2 Å². The Morgan fingerprint density at radius 1 is 1.27 bits per heavy atom. The van der Waals surface area contributed by atoms with Crippen LogP contribution in [-0.2, 0) is 0 Å². The predicted octanol–water partition coefficient (Wildman–Crippen LogP) is 3.06. The standard InChI is InChI=1S/C15H19ClN4O2/c1-10(22-12-6-4-5-11(7-12)21-3)8-18-15-13(17-2)14(16)19-9-20-15/h4-7,9-10,17H,8H2,1-3H3,(H,18,19,20). The molecule has 0 aliphatic carbocycles. The Labute approximate surface area is 134 Å². The van der Waals surface area contributed by atoms with Gasteiger partial charge in [-0.2, -0.15) is 0 Å². The highest BCUT2D eigenvalue weighted by atomic mass is 35.5. The summed E-state index contributed by atoms with van der Waals surface area (Å²) in [4.78, 5) is 8.10. The molecule has 2 N–H and O–H groups in total. The van der Waals surface area contributed by atoms with Crippen molar-refractivity contribution in [3.8, 4) is 11.5 Å². The number of rotatable bonds is 7. The van der Waals surface area contributed by atoms with E-state index in [1.54, 1.807) is 14.2 Å². The first kappa shape index (κ1) is 16.2. The molecular formula is C15H19ClN4O2. The molecule has 6 nitrogen and oxygen atoms in total. The minimum absolute atomic E-state index is 0.0643. The van der Waals surface area contributed by atoms with Gasteiger partial charge in [-0.05, 0) is 19.1 Å². The van der Waals surface area contributed by atoms with Crippen molar-refractivity contribution in [1.82, 2.24) is 9.97 Å². The zero-order valence-corrected chi connectivity index (χ0v) is 13.5. The van der Waals surface area contributed by atoms with Gasteiger partial charge < -0.3 is 20.1 Å². The van der Waals surface area contributed by atoms with E-state index in [2.05, 4.69) is 20.6 Å². The van der Waals surface area contributed by atoms with Crippen LogP contribution in [-0.4, -0.2) is 36.8 Å². The molecule has 1 heterocycles. The fourth-order valence-electron chi connectivity index (χ4n) is 1.91. The highest BCUT2D eigenvalue weighted by Gasteiger charge is 2.10. The zero-order chi connectivity index (χ0) is 15.9. The molecule has 0 fully saturated rings. The molecule has 0 saturated carbocycles. The SMILES string of the molecule is CNc1c(Cl)ncnc1NCC(C)Oc1cccc(OC)c1. The number of methoxy groups -OCH3 is 1. The van der Waals surface area contributed by atoms with E-state index in [9.17, 15) is 0 Å². The summed E-state index contributed by atoms with van der Waals surface area (Å²) in [6, 6.07) is 7.49. The van der Waals surface area contributed by atoms with E-state index in [-0.39, 0.29) is 6.10 Å². The van der Waals surface area contributed by atoms with Crippen molar-refractivity contribution < 1.29 is 9.47 Å². The van der Waals surface area contributed by atoms with Crippen LogP contribution in [0.2, 0.25) is 5.15 Å². The Morgan fingerprint density at radius 3 is 2.77 bits per heavy atom. The van der Waals surface area contributed by atoms with Crippen LogP contribution in [0.1, 0.15) is 6.92 Å². The largest absolute Gasteiger partial charge is 0.497 e. The molecule has 0 spiro atoms. The lowest BCUT2D eigenvalue weighted by Crippen LogP contribution is -2.23. The van der Waals surface area contributed by atoms with Gasteiger partial charge in [0, 0.05) is 13.1 Å². The second-order valence-corrected chi connectivity index (χ2v) is 4.98. The molecule has 1 aromatic heterocycles. The number of anilines is 2. The number of hydrogen-bond donors (Lipinski definition) is 2. The van der Waals surface area contributed by atoms with Gasteiger partial charge in [-0.15, -0.1) is 0 Å².